The lowest BCUT2D eigenvalue weighted by Crippen LogP contribution is -1.75. The summed E-state index contributed by atoms with van der Waals surface area (Å²) in [6.45, 7) is 0. The van der Waals surface area contributed by atoms with E-state index in [-0.39, 0.29) is 0 Å². The summed E-state index contributed by atoms with van der Waals surface area (Å²) in [5.74, 6) is 0. The zero-order valence-corrected chi connectivity index (χ0v) is 10.0. The van der Waals surface area contributed by atoms with Crippen LogP contribution in [0.5, 0.6) is 0 Å². The molecule has 16 heavy (non-hydrogen) atoms. The highest BCUT2D eigenvalue weighted by molar-refractivity contribution is 9.10. The first-order valence-electron chi connectivity index (χ1n) is 5.01. The average molecular weight is 273 g/mol. The Bertz CT molecular complexity index is 629. The summed E-state index contributed by atoms with van der Waals surface area (Å²) in [5, 5.41) is 1.23. The summed E-state index contributed by atoms with van der Waals surface area (Å²) in [6.07, 6.45) is 5.66. The van der Waals surface area contributed by atoms with E-state index >= 15 is 0 Å². The summed E-state index contributed by atoms with van der Waals surface area (Å²) < 4.78 is 1.09. The second kappa shape index (κ2) is 3.76. The zero-order valence-electron chi connectivity index (χ0n) is 8.44. The van der Waals surface area contributed by atoms with Gasteiger partial charge in [0.1, 0.15) is 0 Å². The highest BCUT2D eigenvalue weighted by atomic mass is 79.9. The second-order valence-corrected chi connectivity index (χ2v) is 4.54. The van der Waals surface area contributed by atoms with Gasteiger partial charge in [-0.05, 0) is 29.8 Å². The van der Waals surface area contributed by atoms with E-state index in [0.717, 1.165) is 9.99 Å². The topological polar surface area (TPSA) is 28.7 Å². The molecular weight excluding hydrogens is 264 g/mol. The number of hydrogen-bond acceptors (Lipinski definition) is 1. The maximum Gasteiger partial charge on any atom is 0.0471 e. The molecule has 0 unspecified atom stereocenters. The van der Waals surface area contributed by atoms with Crippen LogP contribution in [0.4, 0.5) is 0 Å². The van der Waals surface area contributed by atoms with E-state index in [1.165, 1.54) is 16.5 Å². The Hall–Kier alpha value is -1.61. The van der Waals surface area contributed by atoms with Crippen molar-refractivity contribution in [3.63, 3.8) is 0 Å². The number of rotatable bonds is 1. The van der Waals surface area contributed by atoms with Crippen LogP contribution in [-0.2, 0) is 0 Å². The van der Waals surface area contributed by atoms with Crippen LogP contribution in [0.15, 0.2) is 53.4 Å². The second-order valence-electron chi connectivity index (χ2n) is 3.63. The van der Waals surface area contributed by atoms with Gasteiger partial charge in [-0.15, -0.1) is 0 Å². The fourth-order valence-corrected chi connectivity index (χ4v) is 2.23. The molecule has 0 aliphatic rings. The van der Waals surface area contributed by atoms with Gasteiger partial charge >= 0.3 is 0 Å². The van der Waals surface area contributed by atoms with Crippen molar-refractivity contribution in [1.29, 1.82) is 0 Å². The van der Waals surface area contributed by atoms with Gasteiger partial charge in [-0.3, -0.25) is 4.98 Å². The molecule has 0 saturated carbocycles. The Kier molecular flexibility index (Phi) is 2.26. The van der Waals surface area contributed by atoms with Crippen LogP contribution in [0, 0.1) is 0 Å². The summed E-state index contributed by atoms with van der Waals surface area (Å²) in [5.41, 5.74) is 3.54. The molecule has 3 heteroatoms. The van der Waals surface area contributed by atoms with Gasteiger partial charge in [-0.2, -0.15) is 0 Å². The number of aromatic nitrogens is 2. The summed E-state index contributed by atoms with van der Waals surface area (Å²) in [7, 11) is 0. The molecule has 0 radical (unpaired) electrons. The Morgan fingerprint density at radius 3 is 2.69 bits per heavy atom. The maximum atomic E-state index is 4.03. The Morgan fingerprint density at radius 2 is 1.88 bits per heavy atom. The van der Waals surface area contributed by atoms with E-state index in [4.69, 9.17) is 0 Å². The molecule has 0 amide bonds. The van der Waals surface area contributed by atoms with Crippen molar-refractivity contribution in [1.82, 2.24) is 9.97 Å². The van der Waals surface area contributed by atoms with Crippen LogP contribution >= 0.6 is 15.9 Å². The minimum atomic E-state index is 1.09. The molecule has 0 saturated heterocycles. The van der Waals surface area contributed by atoms with Gasteiger partial charge in [0.05, 0.1) is 0 Å². The number of benzene rings is 1. The van der Waals surface area contributed by atoms with Crippen LogP contribution in [0.3, 0.4) is 0 Å². The molecule has 78 valence electrons. The molecular formula is C13H9BrN2. The van der Waals surface area contributed by atoms with E-state index in [1.807, 2.05) is 30.7 Å². The monoisotopic (exact) mass is 272 g/mol. The van der Waals surface area contributed by atoms with Gasteiger partial charge in [-0.25, -0.2) is 0 Å². The number of fused-ring (bicyclic) bond motifs is 1. The Balaban J connectivity index is 2.26. The lowest BCUT2D eigenvalue weighted by molar-refractivity contribution is 1.33. The summed E-state index contributed by atoms with van der Waals surface area (Å²) in [4.78, 5) is 7.31. The normalized spacial score (nSPS) is 10.8. The van der Waals surface area contributed by atoms with Crippen LogP contribution in [0.25, 0.3) is 22.0 Å². The predicted molar refractivity (Wildman–Crippen MR) is 69.2 cm³/mol. The molecule has 1 aromatic carbocycles. The molecule has 2 nitrogen and oxygen atoms in total. The molecule has 2 aromatic heterocycles. The van der Waals surface area contributed by atoms with Gasteiger partial charge in [-0.1, -0.05) is 22.0 Å². The van der Waals surface area contributed by atoms with Crippen molar-refractivity contribution in [3.05, 3.63) is 53.4 Å². The SMILES string of the molecule is Brc1ccc2c(-c3ccncc3)c[nH]c2c1. The third-order valence-corrected chi connectivity index (χ3v) is 3.13. The number of pyridine rings is 1. The van der Waals surface area contributed by atoms with E-state index in [2.05, 4.69) is 44.1 Å². The standard InChI is InChI=1S/C13H9BrN2/c14-10-1-2-11-12(8-16-13(11)7-10)9-3-5-15-6-4-9/h1-8,16H. The fraction of sp³-hybridized carbons (Fsp3) is 0. The van der Waals surface area contributed by atoms with E-state index in [1.54, 1.807) is 0 Å². The lowest BCUT2D eigenvalue weighted by atomic mass is 10.1. The zero-order chi connectivity index (χ0) is 11.0. The quantitative estimate of drug-likeness (QED) is 0.713. The van der Waals surface area contributed by atoms with Gasteiger partial charge < -0.3 is 4.98 Å². The lowest BCUT2D eigenvalue weighted by Gasteiger charge is -1.98. The number of nitrogens with zero attached hydrogens (tertiary/aromatic N) is 1. The molecule has 0 fully saturated rings. The van der Waals surface area contributed by atoms with Crippen molar-refractivity contribution in [3.8, 4) is 11.1 Å². The molecule has 0 aliphatic carbocycles. The van der Waals surface area contributed by atoms with E-state index in [9.17, 15) is 0 Å². The largest absolute Gasteiger partial charge is 0.361 e. The average Bonchev–Trinajstić information content (AvgIpc) is 2.73. The molecule has 1 N–H and O–H groups in total. The number of aromatic amines is 1. The van der Waals surface area contributed by atoms with Crippen molar-refractivity contribution in [2.75, 3.05) is 0 Å². The Labute approximate surface area is 101 Å². The molecule has 0 spiro atoms. The third kappa shape index (κ3) is 1.53. The fourth-order valence-electron chi connectivity index (χ4n) is 1.87. The van der Waals surface area contributed by atoms with Gasteiger partial charge in [0.25, 0.3) is 0 Å². The van der Waals surface area contributed by atoms with Gasteiger partial charge in [0.15, 0.2) is 0 Å². The highest BCUT2D eigenvalue weighted by Gasteiger charge is 2.05. The molecule has 2 heterocycles. The summed E-state index contributed by atoms with van der Waals surface area (Å²) >= 11 is 3.47. The number of nitrogens with one attached hydrogen (secondary N) is 1. The molecule has 3 rings (SSSR count). The maximum absolute atomic E-state index is 4.03. The smallest absolute Gasteiger partial charge is 0.0471 e. The van der Waals surface area contributed by atoms with Gasteiger partial charge in [0.2, 0.25) is 0 Å². The minimum absolute atomic E-state index is 1.09. The third-order valence-electron chi connectivity index (χ3n) is 2.64. The van der Waals surface area contributed by atoms with Crippen LogP contribution in [-0.4, -0.2) is 9.97 Å². The highest BCUT2D eigenvalue weighted by Crippen LogP contribution is 2.29. The van der Waals surface area contributed by atoms with Crippen molar-refractivity contribution in [2.24, 2.45) is 0 Å². The number of halogens is 1. The van der Waals surface area contributed by atoms with Crippen LogP contribution in [0.1, 0.15) is 0 Å². The van der Waals surface area contributed by atoms with Gasteiger partial charge in [0, 0.05) is 39.5 Å². The Morgan fingerprint density at radius 1 is 1.06 bits per heavy atom. The molecule has 0 atom stereocenters. The first kappa shape index (κ1) is 9.60. The molecule has 3 aromatic rings. The predicted octanol–water partition coefficient (Wildman–Crippen LogP) is 3.99. The molecule has 0 aliphatic heterocycles. The van der Waals surface area contributed by atoms with Crippen molar-refractivity contribution in [2.45, 2.75) is 0 Å². The van der Waals surface area contributed by atoms with E-state index in [0.29, 0.717) is 0 Å². The van der Waals surface area contributed by atoms with Crippen molar-refractivity contribution < 1.29 is 0 Å². The minimum Gasteiger partial charge on any atom is -0.361 e. The summed E-state index contributed by atoms with van der Waals surface area (Å²) in [6, 6.07) is 10.3. The van der Waals surface area contributed by atoms with Crippen molar-refractivity contribution >= 4 is 26.8 Å². The first-order chi connectivity index (χ1) is 7.84. The van der Waals surface area contributed by atoms with Crippen LogP contribution < -0.4 is 0 Å². The van der Waals surface area contributed by atoms with Crippen LogP contribution in [0.2, 0.25) is 0 Å². The van der Waals surface area contributed by atoms with E-state index < -0.39 is 0 Å². The number of H-pyrrole nitrogens is 1. The number of hydrogen-bond donors (Lipinski definition) is 1. The first-order valence-corrected chi connectivity index (χ1v) is 5.81. The molecule has 0 bridgehead atoms.